The molecule has 1 saturated heterocycles. The fourth-order valence-corrected chi connectivity index (χ4v) is 4.90. The molecule has 2 N–H and O–H groups in total. The molecule has 1 aliphatic heterocycles. The number of imidazole rings is 1. The van der Waals surface area contributed by atoms with Gasteiger partial charge >= 0.3 is 12.2 Å². The van der Waals surface area contributed by atoms with Crippen molar-refractivity contribution >= 4 is 17.6 Å². The van der Waals surface area contributed by atoms with E-state index >= 15 is 0 Å². The Balaban J connectivity index is 1.38. The number of fused-ring (bicyclic) bond motifs is 1. The molecule has 1 aliphatic carbocycles. The van der Waals surface area contributed by atoms with Crippen molar-refractivity contribution in [3.05, 3.63) is 47.2 Å². The maximum Gasteiger partial charge on any atom is 0.410 e. The number of alkyl halides is 5. The molecule has 2 fully saturated rings. The third-order valence-corrected chi connectivity index (χ3v) is 7.01. The summed E-state index contributed by atoms with van der Waals surface area (Å²) < 4.78 is 72.9. The molecule has 2 aliphatic rings. The summed E-state index contributed by atoms with van der Waals surface area (Å²) in [6, 6.07) is -0.198. The summed E-state index contributed by atoms with van der Waals surface area (Å²) in [5, 5.41) is 12.0. The number of amides is 3. The number of nitrogens with zero attached hydrogens (tertiary/aromatic N) is 5. The topological polar surface area (TPSA) is 118 Å². The Bertz CT molecular complexity index is 1340. The lowest BCUT2D eigenvalue weighted by atomic mass is 9.81. The molecular formula is C23H24F5N7O3. The van der Waals surface area contributed by atoms with Gasteiger partial charge in [-0.05, 0) is 48.5 Å². The van der Waals surface area contributed by atoms with Crippen LogP contribution in [-0.2, 0) is 6.54 Å². The van der Waals surface area contributed by atoms with Crippen LogP contribution in [0.1, 0.15) is 59.2 Å². The van der Waals surface area contributed by atoms with Crippen molar-refractivity contribution in [2.24, 2.45) is 5.92 Å². The van der Waals surface area contributed by atoms with Crippen LogP contribution in [0.2, 0.25) is 0 Å². The lowest BCUT2D eigenvalue weighted by Crippen LogP contribution is -2.40. The van der Waals surface area contributed by atoms with Gasteiger partial charge in [-0.3, -0.25) is 4.79 Å². The third-order valence-electron chi connectivity index (χ3n) is 7.01. The summed E-state index contributed by atoms with van der Waals surface area (Å²) in [5.74, 6) is -3.67. The summed E-state index contributed by atoms with van der Waals surface area (Å²) >= 11 is 0. The van der Waals surface area contributed by atoms with E-state index in [0.717, 1.165) is 4.90 Å². The molecule has 4 heterocycles. The molecule has 3 amide bonds. The van der Waals surface area contributed by atoms with E-state index in [-0.39, 0.29) is 49.5 Å². The monoisotopic (exact) mass is 541 g/mol. The second kappa shape index (κ2) is 9.51. The lowest BCUT2D eigenvalue weighted by Gasteiger charge is -2.33. The van der Waals surface area contributed by atoms with Gasteiger partial charge in [0.05, 0.1) is 18.3 Å². The van der Waals surface area contributed by atoms with Gasteiger partial charge < -0.3 is 19.9 Å². The van der Waals surface area contributed by atoms with Gasteiger partial charge in [-0.25, -0.2) is 23.2 Å². The average molecular weight is 541 g/mol. The maximum absolute atomic E-state index is 13.8. The van der Waals surface area contributed by atoms with E-state index < -0.39 is 42.7 Å². The largest absolute Gasteiger partial charge is 0.410 e. The maximum atomic E-state index is 13.8. The molecule has 0 bridgehead atoms. The van der Waals surface area contributed by atoms with Crippen molar-refractivity contribution in [3.8, 4) is 0 Å². The molecule has 2 atom stereocenters. The Morgan fingerprint density at radius 1 is 1.29 bits per heavy atom. The number of rotatable bonds is 6. The number of urea groups is 1. The van der Waals surface area contributed by atoms with Gasteiger partial charge in [0, 0.05) is 31.8 Å². The van der Waals surface area contributed by atoms with Gasteiger partial charge in [0.1, 0.15) is 17.4 Å². The lowest BCUT2D eigenvalue weighted by molar-refractivity contribution is -0.149. The Morgan fingerprint density at radius 2 is 2.03 bits per heavy atom. The number of hydrogen-bond donors (Lipinski definition) is 2. The molecule has 0 aromatic carbocycles. The fraction of sp³-hybridized carbons (Fsp3) is 0.522. The average Bonchev–Trinajstić information content (AvgIpc) is 3.56. The van der Waals surface area contributed by atoms with E-state index in [1.54, 1.807) is 35.9 Å². The normalized spacial score (nSPS) is 21.1. The fourth-order valence-electron chi connectivity index (χ4n) is 4.90. The Labute approximate surface area is 212 Å². The van der Waals surface area contributed by atoms with Crippen LogP contribution >= 0.6 is 0 Å². The molecular weight excluding hydrogens is 517 g/mol. The molecule has 15 heteroatoms. The number of hydrogen-bond acceptors (Lipinski definition) is 6. The number of aromatic nitrogens is 4. The number of pyridine rings is 1. The number of carbonyl (C=O) groups excluding carboxylic acids is 2. The van der Waals surface area contributed by atoms with Crippen LogP contribution in [0.15, 0.2) is 29.2 Å². The van der Waals surface area contributed by atoms with Crippen molar-refractivity contribution in [3.63, 3.8) is 0 Å². The molecule has 0 radical (unpaired) electrons. The van der Waals surface area contributed by atoms with Gasteiger partial charge in [0.25, 0.3) is 5.91 Å². The summed E-state index contributed by atoms with van der Waals surface area (Å²) in [6.07, 6.45) is -1.56. The summed E-state index contributed by atoms with van der Waals surface area (Å²) in [6.45, 7) is 0.975. The first kappa shape index (κ1) is 25.9. The highest BCUT2D eigenvalue weighted by Crippen LogP contribution is 2.41. The second-order valence-electron chi connectivity index (χ2n) is 9.73. The zero-order chi connectivity index (χ0) is 27.2. The summed E-state index contributed by atoms with van der Waals surface area (Å²) in [5.41, 5.74) is 1.65. The predicted octanol–water partition coefficient (Wildman–Crippen LogP) is 3.78. The van der Waals surface area contributed by atoms with Crippen LogP contribution in [0.25, 0.3) is 5.65 Å². The third kappa shape index (κ3) is 5.27. The van der Waals surface area contributed by atoms with Crippen LogP contribution in [0.5, 0.6) is 0 Å². The highest BCUT2D eigenvalue weighted by molar-refractivity contribution is 5.93. The van der Waals surface area contributed by atoms with Crippen LogP contribution in [0.4, 0.5) is 26.7 Å². The number of halogens is 5. The number of aryl methyl sites for hydroxylation is 1. The van der Waals surface area contributed by atoms with Crippen molar-refractivity contribution < 1.29 is 36.2 Å². The highest BCUT2D eigenvalue weighted by atomic mass is 19.4. The van der Waals surface area contributed by atoms with E-state index in [0.29, 0.717) is 16.9 Å². The molecule has 1 saturated carbocycles. The van der Waals surface area contributed by atoms with Crippen LogP contribution in [-0.4, -0.2) is 61.2 Å². The zero-order valence-corrected chi connectivity index (χ0v) is 20.1. The van der Waals surface area contributed by atoms with Crippen LogP contribution in [0, 0.1) is 12.8 Å². The Kier molecular flexibility index (Phi) is 6.47. The molecule has 0 spiro atoms. The minimum Gasteiger partial charge on any atom is -0.342 e. The number of carbonyl (C=O) groups is 2. The van der Waals surface area contributed by atoms with Gasteiger partial charge in [-0.2, -0.15) is 13.2 Å². The predicted molar refractivity (Wildman–Crippen MR) is 120 cm³/mol. The van der Waals surface area contributed by atoms with Gasteiger partial charge in [-0.15, -0.1) is 0 Å². The highest BCUT2D eigenvalue weighted by Gasteiger charge is 2.46. The van der Waals surface area contributed by atoms with E-state index in [2.05, 4.69) is 25.2 Å². The zero-order valence-electron chi connectivity index (χ0n) is 20.1. The quantitative estimate of drug-likeness (QED) is 0.459. The molecule has 0 unspecified atom stereocenters. The van der Waals surface area contributed by atoms with Crippen molar-refractivity contribution in [2.75, 3.05) is 6.54 Å². The smallest absolute Gasteiger partial charge is 0.342 e. The van der Waals surface area contributed by atoms with E-state index in [1.807, 2.05) is 5.32 Å². The van der Waals surface area contributed by atoms with Gasteiger partial charge in [-0.1, -0.05) is 5.16 Å². The van der Waals surface area contributed by atoms with Gasteiger partial charge in [0.15, 0.2) is 5.69 Å². The van der Waals surface area contributed by atoms with E-state index in [4.69, 9.17) is 0 Å². The summed E-state index contributed by atoms with van der Waals surface area (Å²) in [7, 11) is 0. The molecule has 5 rings (SSSR count). The second-order valence-corrected chi connectivity index (χ2v) is 9.73. The molecule has 10 nitrogen and oxygen atoms in total. The van der Waals surface area contributed by atoms with Crippen molar-refractivity contribution in [1.29, 1.82) is 0 Å². The van der Waals surface area contributed by atoms with Gasteiger partial charge in [0.2, 0.25) is 5.92 Å². The number of nitrogens with one attached hydrogen (secondary N) is 2. The summed E-state index contributed by atoms with van der Waals surface area (Å²) in [4.78, 5) is 30.6. The Morgan fingerprint density at radius 3 is 2.66 bits per heavy atom. The van der Waals surface area contributed by atoms with Crippen LogP contribution < -0.4 is 10.6 Å². The SMILES string of the molecule is Cc1nonc1C(=O)N[C@H](c1cn2ccc(CN3C[C@@H](C(F)(F)F)NC3=O)cc2n1)C1CCC(F)(F)CC1. The molecule has 204 valence electrons. The van der Waals surface area contributed by atoms with E-state index in [1.165, 1.54) is 0 Å². The minimum absolute atomic E-state index is 0.0248. The van der Waals surface area contributed by atoms with E-state index in [9.17, 15) is 31.5 Å². The minimum atomic E-state index is -4.55. The first-order valence-corrected chi connectivity index (χ1v) is 12.0. The first-order valence-electron chi connectivity index (χ1n) is 12.0. The molecule has 38 heavy (non-hydrogen) atoms. The standard InChI is InChI=1S/C23H24F5N7O3/c1-12-18(33-38-32-12)20(36)31-19(14-2-5-22(24,25)6-3-14)15-10-34-7-4-13(8-17(34)29-15)9-35-11-16(23(26,27)28)30-21(35)37/h4,7-8,10,14,16,19H,2-3,5-6,9,11H2,1H3,(H,30,37)(H,31,36)/t16-,19-/m0/s1. The Hall–Kier alpha value is -3.78. The van der Waals surface area contributed by atoms with Crippen molar-refractivity contribution in [2.45, 2.75) is 63.3 Å². The molecule has 3 aromatic heterocycles. The van der Waals surface area contributed by atoms with Crippen LogP contribution in [0.3, 0.4) is 0 Å². The molecule has 3 aromatic rings. The van der Waals surface area contributed by atoms with Crippen molar-refractivity contribution in [1.82, 2.24) is 35.2 Å². The first-order chi connectivity index (χ1) is 17.9.